The van der Waals surface area contributed by atoms with E-state index in [1.807, 2.05) is 24.6 Å². The Kier molecular flexibility index (Phi) is 5.22. The summed E-state index contributed by atoms with van der Waals surface area (Å²) in [5, 5.41) is 9.39. The highest BCUT2D eigenvalue weighted by Gasteiger charge is 2.31. The third-order valence-electron chi connectivity index (χ3n) is 4.47. The Morgan fingerprint density at radius 3 is 2.57 bits per heavy atom. The third kappa shape index (κ3) is 4.39. The maximum absolute atomic E-state index is 12.6. The van der Waals surface area contributed by atoms with Crippen molar-refractivity contribution in [2.45, 2.75) is 19.7 Å². The van der Waals surface area contributed by atoms with Gasteiger partial charge in [0.2, 0.25) is 0 Å². The van der Waals surface area contributed by atoms with Crippen LogP contribution in [-0.4, -0.2) is 28.6 Å². The van der Waals surface area contributed by atoms with Gasteiger partial charge in [0.1, 0.15) is 11.5 Å². The highest BCUT2D eigenvalue weighted by molar-refractivity contribution is 5.87. The average molecular weight is 393 g/mol. The highest BCUT2D eigenvalue weighted by atomic mass is 19.4. The highest BCUT2D eigenvalue weighted by Crippen LogP contribution is 2.32. The minimum Gasteiger partial charge on any atom is -0.482 e. The van der Waals surface area contributed by atoms with Crippen LogP contribution in [0.15, 0.2) is 42.5 Å². The van der Waals surface area contributed by atoms with E-state index >= 15 is 0 Å². The molecule has 0 spiro atoms. The van der Waals surface area contributed by atoms with Gasteiger partial charge in [-0.15, -0.1) is 13.2 Å². The molecular weight excluding hydrogens is 375 g/mol. The van der Waals surface area contributed by atoms with Gasteiger partial charge in [0.05, 0.1) is 0 Å². The Labute approximate surface area is 158 Å². The van der Waals surface area contributed by atoms with Crippen LogP contribution in [0.1, 0.15) is 16.8 Å². The van der Waals surface area contributed by atoms with Crippen molar-refractivity contribution in [2.24, 2.45) is 7.05 Å². The van der Waals surface area contributed by atoms with Gasteiger partial charge in [-0.2, -0.15) is 0 Å². The lowest BCUT2D eigenvalue weighted by Crippen LogP contribution is -2.17. The molecule has 2 aromatic carbocycles. The first-order valence-electron chi connectivity index (χ1n) is 8.41. The molecule has 0 fully saturated rings. The number of halogens is 3. The first kappa shape index (κ1) is 19.6. The zero-order chi connectivity index (χ0) is 20.5. The standard InChI is InChI=1S/C20H18F3NO4/c1-12-16(9-13-4-3-5-14(8-13)27-11-19(25)26)17-10-15(28-20(21,22)23)6-7-18(17)24(12)2/h3-8,10H,9,11H2,1-2H3,(H,25,26). The van der Waals surface area contributed by atoms with Gasteiger partial charge < -0.3 is 19.1 Å². The molecular formula is C20H18F3NO4. The molecule has 0 bridgehead atoms. The molecule has 148 valence electrons. The second-order valence-corrected chi connectivity index (χ2v) is 6.36. The van der Waals surface area contributed by atoms with Gasteiger partial charge in [-0.05, 0) is 54.8 Å². The summed E-state index contributed by atoms with van der Waals surface area (Å²) in [5.74, 6) is -0.934. The lowest BCUT2D eigenvalue weighted by molar-refractivity contribution is -0.274. The van der Waals surface area contributed by atoms with E-state index in [0.29, 0.717) is 17.6 Å². The molecule has 1 heterocycles. The normalized spacial score (nSPS) is 11.6. The van der Waals surface area contributed by atoms with Crippen molar-refractivity contribution in [3.63, 3.8) is 0 Å². The van der Waals surface area contributed by atoms with Crippen molar-refractivity contribution in [1.82, 2.24) is 4.57 Å². The number of carboxylic acids is 1. The summed E-state index contributed by atoms with van der Waals surface area (Å²) in [7, 11) is 1.85. The average Bonchev–Trinajstić information content (AvgIpc) is 2.83. The SMILES string of the molecule is Cc1c(Cc2cccc(OCC(=O)O)c2)c2cc(OC(F)(F)F)ccc2n1C. The minimum atomic E-state index is -4.76. The van der Waals surface area contributed by atoms with Crippen LogP contribution in [0, 0.1) is 6.92 Å². The molecule has 0 saturated heterocycles. The Balaban J connectivity index is 1.96. The van der Waals surface area contributed by atoms with Crippen LogP contribution in [-0.2, 0) is 18.3 Å². The topological polar surface area (TPSA) is 60.7 Å². The molecule has 0 aliphatic heterocycles. The predicted molar refractivity (Wildman–Crippen MR) is 96.7 cm³/mol. The summed E-state index contributed by atoms with van der Waals surface area (Å²) >= 11 is 0. The molecule has 3 rings (SSSR count). The van der Waals surface area contributed by atoms with E-state index < -0.39 is 18.9 Å². The van der Waals surface area contributed by atoms with Crippen LogP contribution in [0.5, 0.6) is 11.5 Å². The van der Waals surface area contributed by atoms with Crippen molar-refractivity contribution in [2.75, 3.05) is 6.61 Å². The largest absolute Gasteiger partial charge is 0.573 e. The number of fused-ring (bicyclic) bond motifs is 1. The summed E-state index contributed by atoms with van der Waals surface area (Å²) in [4.78, 5) is 10.7. The minimum absolute atomic E-state index is 0.273. The maximum Gasteiger partial charge on any atom is 0.573 e. The Morgan fingerprint density at radius 1 is 1.14 bits per heavy atom. The molecule has 0 radical (unpaired) electrons. The number of aliphatic carboxylic acids is 1. The molecule has 0 aliphatic carbocycles. The van der Waals surface area contributed by atoms with Crippen LogP contribution < -0.4 is 9.47 Å². The van der Waals surface area contributed by atoms with Gasteiger partial charge in [0, 0.05) is 23.6 Å². The Morgan fingerprint density at radius 2 is 1.89 bits per heavy atom. The van der Waals surface area contributed by atoms with E-state index in [1.165, 1.54) is 12.1 Å². The summed E-state index contributed by atoms with van der Waals surface area (Å²) in [6.07, 6.45) is -4.31. The summed E-state index contributed by atoms with van der Waals surface area (Å²) in [5.41, 5.74) is 3.41. The van der Waals surface area contributed by atoms with E-state index in [9.17, 15) is 18.0 Å². The van der Waals surface area contributed by atoms with Gasteiger partial charge in [-0.1, -0.05) is 12.1 Å². The number of hydrogen-bond acceptors (Lipinski definition) is 3. The van der Waals surface area contributed by atoms with Crippen LogP contribution in [0.25, 0.3) is 10.9 Å². The molecule has 3 aromatic rings. The van der Waals surface area contributed by atoms with Crippen molar-refractivity contribution in [1.29, 1.82) is 0 Å². The van der Waals surface area contributed by atoms with Crippen molar-refractivity contribution in [3.8, 4) is 11.5 Å². The summed E-state index contributed by atoms with van der Waals surface area (Å²) in [6.45, 7) is 1.44. The molecule has 0 saturated carbocycles. The zero-order valence-corrected chi connectivity index (χ0v) is 15.2. The Hall–Kier alpha value is -3.16. The van der Waals surface area contributed by atoms with Crippen molar-refractivity contribution >= 4 is 16.9 Å². The fourth-order valence-electron chi connectivity index (χ4n) is 3.14. The number of aryl methyl sites for hydroxylation is 1. The molecule has 0 unspecified atom stereocenters. The molecule has 28 heavy (non-hydrogen) atoms. The fourth-order valence-corrected chi connectivity index (χ4v) is 3.14. The van der Waals surface area contributed by atoms with Gasteiger partial charge in [-0.25, -0.2) is 4.79 Å². The zero-order valence-electron chi connectivity index (χ0n) is 15.2. The first-order chi connectivity index (χ1) is 13.1. The summed E-state index contributed by atoms with van der Waals surface area (Å²) in [6, 6.07) is 11.2. The van der Waals surface area contributed by atoms with Gasteiger partial charge >= 0.3 is 12.3 Å². The number of hydrogen-bond donors (Lipinski definition) is 1. The second kappa shape index (κ2) is 7.46. The molecule has 0 amide bonds. The van der Waals surface area contributed by atoms with Crippen LogP contribution in [0.3, 0.4) is 0 Å². The second-order valence-electron chi connectivity index (χ2n) is 6.36. The molecule has 0 atom stereocenters. The Bertz CT molecular complexity index is 1020. The molecule has 5 nitrogen and oxygen atoms in total. The number of aromatic nitrogens is 1. The molecule has 8 heteroatoms. The quantitative estimate of drug-likeness (QED) is 0.673. The van der Waals surface area contributed by atoms with Crippen LogP contribution in [0.4, 0.5) is 13.2 Å². The third-order valence-corrected chi connectivity index (χ3v) is 4.47. The smallest absolute Gasteiger partial charge is 0.482 e. The first-order valence-corrected chi connectivity index (χ1v) is 8.41. The molecule has 0 aliphatic rings. The molecule has 1 N–H and O–H groups in total. The van der Waals surface area contributed by atoms with E-state index in [2.05, 4.69) is 4.74 Å². The van der Waals surface area contributed by atoms with Crippen molar-refractivity contribution < 1.29 is 32.5 Å². The lowest BCUT2D eigenvalue weighted by atomic mass is 10.0. The van der Waals surface area contributed by atoms with E-state index in [1.54, 1.807) is 24.3 Å². The number of rotatable bonds is 6. The van der Waals surface area contributed by atoms with Crippen LogP contribution in [0.2, 0.25) is 0 Å². The van der Waals surface area contributed by atoms with Gasteiger partial charge in [0.25, 0.3) is 0 Å². The van der Waals surface area contributed by atoms with E-state index in [-0.39, 0.29) is 5.75 Å². The van der Waals surface area contributed by atoms with Gasteiger partial charge in [0.15, 0.2) is 6.61 Å². The van der Waals surface area contributed by atoms with Crippen LogP contribution >= 0.6 is 0 Å². The predicted octanol–water partition coefficient (Wildman–Crippen LogP) is 4.44. The number of benzene rings is 2. The molecule has 1 aromatic heterocycles. The summed E-state index contributed by atoms with van der Waals surface area (Å²) < 4.78 is 48.8. The fraction of sp³-hybridized carbons (Fsp3) is 0.250. The van der Waals surface area contributed by atoms with E-state index in [4.69, 9.17) is 9.84 Å². The van der Waals surface area contributed by atoms with Crippen molar-refractivity contribution in [3.05, 3.63) is 59.3 Å². The van der Waals surface area contributed by atoms with Gasteiger partial charge in [-0.3, -0.25) is 0 Å². The maximum atomic E-state index is 12.6. The lowest BCUT2D eigenvalue weighted by Gasteiger charge is -2.09. The monoisotopic (exact) mass is 393 g/mol. The number of ether oxygens (including phenoxy) is 2. The van der Waals surface area contributed by atoms with E-state index in [0.717, 1.165) is 22.3 Å². The number of alkyl halides is 3. The number of nitrogens with zero attached hydrogens (tertiary/aromatic N) is 1. The number of carboxylic acid groups (broad SMARTS) is 1. The number of carbonyl (C=O) groups is 1.